The zero-order valence-electron chi connectivity index (χ0n) is 8.41. The van der Waals surface area contributed by atoms with Crippen LogP contribution in [-0.2, 0) is 4.79 Å². The molecule has 0 saturated carbocycles. The van der Waals surface area contributed by atoms with E-state index in [0.717, 1.165) is 19.5 Å². The monoisotopic (exact) mass is 201 g/mol. The van der Waals surface area contributed by atoms with Gasteiger partial charge in [0.25, 0.3) is 0 Å². The van der Waals surface area contributed by atoms with Crippen molar-refractivity contribution in [2.75, 3.05) is 39.3 Å². The number of aliphatic hydroxyl groups excluding tert-OH is 1. The minimum Gasteiger partial charge on any atom is -0.396 e. The maximum atomic E-state index is 11.3. The van der Waals surface area contributed by atoms with Crippen LogP contribution in [0.2, 0.25) is 0 Å². The Morgan fingerprint density at radius 2 is 2.43 bits per heavy atom. The lowest BCUT2D eigenvalue weighted by Gasteiger charge is -2.14. The molecule has 0 bridgehead atoms. The second-order valence-corrected chi connectivity index (χ2v) is 3.71. The van der Waals surface area contributed by atoms with E-state index in [2.05, 4.69) is 10.2 Å². The SMILES string of the molecule is NCCNC(=O)CN1CCC(CO)C1. The van der Waals surface area contributed by atoms with Crippen LogP contribution in [0.1, 0.15) is 6.42 Å². The molecule has 1 unspecified atom stereocenters. The zero-order chi connectivity index (χ0) is 10.4. The first-order valence-corrected chi connectivity index (χ1v) is 5.06. The Kier molecular flexibility index (Phi) is 4.86. The molecule has 0 aromatic heterocycles. The molecule has 5 heteroatoms. The van der Waals surface area contributed by atoms with Gasteiger partial charge in [0, 0.05) is 26.2 Å². The van der Waals surface area contributed by atoms with E-state index in [1.165, 1.54) is 0 Å². The van der Waals surface area contributed by atoms with Gasteiger partial charge in [-0.15, -0.1) is 0 Å². The second-order valence-electron chi connectivity index (χ2n) is 3.71. The van der Waals surface area contributed by atoms with Crippen LogP contribution in [0.15, 0.2) is 0 Å². The molecule has 0 radical (unpaired) electrons. The molecular weight excluding hydrogens is 182 g/mol. The third-order valence-electron chi connectivity index (χ3n) is 2.46. The summed E-state index contributed by atoms with van der Waals surface area (Å²) < 4.78 is 0. The summed E-state index contributed by atoms with van der Waals surface area (Å²) >= 11 is 0. The lowest BCUT2D eigenvalue weighted by Crippen LogP contribution is -2.38. The van der Waals surface area contributed by atoms with Crippen molar-refractivity contribution < 1.29 is 9.90 Å². The number of aliphatic hydroxyl groups is 1. The summed E-state index contributed by atoms with van der Waals surface area (Å²) in [7, 11) is 0. The van der Waals surface area contributed by atoms with Crippen molar-refractivity contribution in [2.45, 2.75) is 6.42 Å². The minimum absolute atomic E-state index is 0.0223. The normalized spacial score (nSPS) is 22.6. The van der Waals surface area contributed by atoms with Crippen molar-refractivity contribution in [3.63, 3.8) is 0 Å². The van der Waals surface area contributed by atoms with Gasteiger partial charge < -0.3 is 16.2 Å². The molecule has 1 aliphatic heterocycles. The number of nitrogens with two attached hydrogens (primary N) is 1. The number of hydrogen-bond donors (Lipinski definition) is 3. The Morgan fingerprint density at radius 1 is 1.64 bits per heavy atom. The van der Waals surface area contributed by atoms with Gasteiger partial charge in [0.05, 0.1) is 6.54 Å². The van der Waals surface area contributed by atoms with Gasteiger partial charge in [0.2, 0.25) is 5.91 Å². The largest absolute Gasteiger partial charge is 0.396 e. The highest BCUT2D eigenvalue weighted by molar-refractivity contribution is 5.78. The first kappa shape index (κ1) is 11.4. The van der Waals surface area contributed by atoms with E-state index in [9.17, 15) is 4.79 Å². The number of nitrogens with zero attached hydrogens (tertiary/aromatic N) is 1. The van der Waals surface area contributed by atoms with Crippen molar-refractivity contribution in [2.24, 2.45) is 11.7 Å². The van der Waals surface area contributed by atoms with E-state index in [1.807, 2.05) is 0 Å². The maximum Gasteiger partial charge on any atom is 0.234 e. The number of carbonyl (C=O) groups excluding carboxylic acids is 1. The highest BCUT2D eigenvalue weighted by Crippen LogP contribution is 2.14. The molecule has 1 heterocycles. The van der Waals surface area contributed by atoms with E-state index in [-0.39, 0.29) is 12.5 Å². The molecular formula is C9H19N3O2. The van der Waals surface area contributed by atoms with Gasteiger partial charge in [-0.1, -0.05) is 0 Å². The Bertz CT molecular complexity index is 187. The van der Waals surface area contributed by atoms with Crippen LogP contribution in [0, 0.1) is 5.92 Å². The number of carbonyl (C=O) groups is 1. The van der Waals surface area contributed by atoms with Crippen molar-refractivity contribution in [3.8, 4) is 0 Å². The molecule has 1 atom stereocenters. The standard InChI is InChI=1S/C9H19N3O2/c10-2-3-11-9(14)6-12-4-1-8(5-12)7-13/h8,13H,1-7,10H2,(H,11,14). The van der Waals surface area contributed by atoms with Gasteiger partial charge >= 0.3 is 0 Å². The fraction of sp³-hybridized carbons (Fsp3) is 0.889. The van der Waals surface area contributed by atoms with Gasteiger partial charge in [-0.25, -0.2) is 0 Å². The lowest BCUT2D eigenvalue weighted by molar-refractivity contribution is -0.122. The van der Waals surface area contributed by atoms with Crippen LogP contribution in [0.25, 0.3) is 0 Å². The molecule has 0 spiro atoms. The number of likely N-dealkylation sites (tertiary alicyclic amines) is 1. The van der Waals surface area contributed by atoms with E-state index in [4.69, 9.17) is 10.8 Å². The summed E-state index contributed by atoms with van der Waals surface area (Å²) in [5, 5.41) is 11.6. The molecule has 82 valence electrons. The predicted octanol–water partition coefficient (Wildman–Crippen LogP) is -1.62. The van der Waals surface area contributed by atoms with Gasteiger partial charge in [0.1, 0.15) is 0 Å². The van der Waals surface area contributed by atoms with Crippen LogP contribution in [0.5, 0.6) is 0 Å². The molecule has 0 aromatic rings. The van der Waals surface area contributed by atoms with Gasteiger partial charge in [0.15, 0.2) is 0 Å². The van der Waals surface area contributed by atoms with Gasteiger partial charge in [-0.05, 0) is 18.9 Å². The summed E-state index contributed by atoms with van der Waals surface area (Å²) in [4.78, 5) is 13.3. The quantitative estimate of drug-likeness (QED) is 0.499. The van der Waals surface area contributed by atoms with E-state index in [0.29, 0.717) is 25.6 Å². The predicted molar refractivity (Wildman–Crippen MR) is 53.7 cm³/mol. The molecule has 0 aliphatic carbocycles. The number of amides is 1. The zero-order valence-corrected chi connectivity index (χ0v) is 8.41. The van der Waals surface area contributed by atoms with Crippen molar-refractivity contribution in [3.05, 3.63) is 0 Å². The number of nitrogens with one attached hydrogen (secondary N) is 1. The van der Waals surface area contributed by atoms with Gasteiger partial charge in [-0.2, -0.15) is 0 Å². The molecule has 0 aromatic carbocycles. The summed E-state index contributed by atoms with van der Waals surface area (Å²) in [6.07, 6.45) is 0.987. The van der Waals surface area contributed by atoms with Crippen molar-refractivity contribution in [1.29, 1.82) is 0 Å². The summed E-state index contributed by atoms with van der Waals surface area (Å²) in [6.45, 7) is 3.40. The Hall–Kier alpha value is -0.650. The first-order chi connectivity index (χ1) is 6.76. The maximum absolute atomic E-state index is 11.3. The van der Waals surface area contributed by atoms with Crippen LogP contribution in [0.4, 0.5) is 0 Å². The van der Waals surface area contributed by atoms with Crippen LogP contribution >= 0.6 is 0 Å². The first-order valence-electron chi connectivity index (χ1n) is 5.06. The minimum atomic E-state index is 0.0223. The number of rotatable bonds is 5. The van der Waals surface area contributed by atoms with E-state index >= 15 is 0 Å². The van der Waals surface area contributed by atoms with Crippen molar-refractivity contribution in [1.82, 2.24) is 10.2 Å². The highest BCUT2D eigenvalue weighted by Gasteiger charge is 2.22. The lowest BCUT2D eigenvalue weighted by atomic mass is 10.1. The topological polar surface area (TPSA) is 78.6 Å². The van der Waals surface area contributed by atoms with Crippen LogP contribution in [-0.4, -0.2) is 55.2 Å². The molecule has 1 fully saturated rings. The fourth-order valence-corrected chi connectivity index (χ4v) is 1.68. The third kappa shape index (κ3) is 3.61. The Balaban J connectivity index is 2.15. The fourth-order valence-electron chi connectivity index (χ4n) is 1.68. The molecule has 1 aliphatic rings. The molecule has 1 rings (SSSR count). The molecule has 4 N–H and O–H groups in total. The van der Waals surface area contributed by atoms with Crippen LogP contribution in [0.3, 0.4) is 0 Å². The Morgan fingerprint density at radius 3 is 3.00 bits per heavy atom. The highest BCUT2D eigenvalue weighted by atomic mass is 16.3. The molecule has 14 heavy (non-hydrogen) atoms. The molecule has 5 nitrogen and oxygen atoms in total. The average Bonchev–Trinajstić information content (AvgIpc) is 2.62. The summed E-state index contributed by atoms with van der Waals surface area (Å²) in [6, 6.07) is 0. The smallest absolute Gasteiger partial charge is 0.234 e. The van der Waals surface area contributed by atoms with Crippen molar-refractivity contribution >= 4 is 5.91 Å². The third-order valence-corrected chi connectivity index (χ3v) is 2.46. The summed E-state index contributed by atoms with van der Waals surface area (Å²) in [5.41, 5.74) is 5.27. The van der Waals surface area contributed by atoms with E-state index in [1.54, 1.807) is 0 Å². The van der Waals surface area contributed by atoms with Crippen LogP contribution < -0.4 is 11.1 Å². The molecule has 1 amide bonds. The van der Waals surface area contributed by atoms with E-state index < -0.39 is 0 Å². The average molecular weight is 201 g/mol. The number of hydrogen-bond acceptors (Lipinski definition) is 4. The summed E-state index contributed by atoms with van der Waals surface area (Å²) in [5.74, 6) is 0.367. The Labute approximate surface area is 84.3 Å². The molecule has 1 saturated heterocycles. The second kappa shape index (κ2) is 5.95. The van der Waals surface area contributed by atoms with Gasteiger partial charge in [-0.3, -0.25) is 9.69 Å².